The van der Waals surface area contributed by atoms with Gasteiger partial charge in [-0.2, -0.15) is 0 Å². The molecule has 19 heavy (non-hydrogen) atoms. The van der Waals surface area contributed by atoms with Crippen LogP contribution < -0.4 is 10.6 Å². The summed E-state index contributed by atoms with van der Waals surface area (Å²) in [6, 6.07) is 7.48. The molecule has 0 atom stereocenters. The number of halogens is 1. The van der Waals surface area contributed by atoms with Gasteiger partial charge in [-0.25, -0.2) is 4.98 Å². The molecule has 0 saturated carbocycles. The van der Waals surface area contributed by atoms with E-state index in [1.54, 1.807) is 12.4 Å². The Morgan fingerprint density at radius 3 is 2.79 bits per heavy atom. The number of hydrogen-bond acceptors (Lipinski definition) is 3. The number of rotatable bonds is 5. The predicted octanol–water partition coefficient (Wildman–Crippen LogP) is 2.00. The second kappa shape index (κ2) is 6.49. The smallest absolute Gasteiger partial charge is 0.244 e. The van der Waals surface area contributed by atoms with Gasteiger partial charge in [-0.1, -0.05) is 15.9 Å². The molecule has 0 aliphatic heterocycles. The number of aromatic nitrogens is 2. The molecular formula is C13H15BrN4O. The summed E-state index contributed by atoms with van der Waals surface area (Å²) < 4.78 is 2.81. The maximum Gasteiger partial charge on any atom is 0.244 e. The molecule has 2 rings (SSSR count). The lowest BCUT2D eigenvalue weighted by atomic mass is 10.3. The Morgan fingerprint density at radius 1 is 1.37 bits per heavy atom. The maximum atomic E-state index is 11.9. The maximum absolute atomic E-state index is 11.9. The number of nitrogens with one attached hydrogen (secondary N) is 2. The normalized spacial score (nSPS) is 10.4. The predicted molar refractivity (Wildman–Crippen MR) is 77.8 cm³/mol. The molecular weight excluding hydrogens is 308 g/mol. The van der Waals surface area contributed by atoms with E-state index in [9.17, 15) is 4.79 Å². The van der Waals surface area contributed by atoms with E-state index >= 15 is 0 Å². The van der Waals surface area contributed by atoms with Crippen LogP contribution >= 0.6 is 15.9 Å². The third-order valence-electron chi connectivity index (χ3n) is 2.58. The second-order valence-corrected chi connectivity index (χ2v) is 4.97. The molecule has 0 aliphatic rings. The lowest BCUT2D eigenvalue weighted by Gasteiger charge is -2.08. The van der Waals surface area contributed by atoms with Gasteiger partial charge >= 0.3 is 0 Å². The number of carbonyl (C=O) groups is 1. The summed E-state index contributed by atoms with van der Waals surface area (Å²) in [5.74, 6) is 0.770. The summed E-state index contributed by atoms with van der Waals surface area (Å²) in [7, 11) is 1.85. The fraction of sp³-hybridized carbons (Fsp3) is 0.231. The van der Waals surface area contributed by atoms with Crippen molar-refractivity contribution in [3.8, 4) is 0 Å². The minimum Gasteiger partial charge on any atom is -0.325 e. The molecule has 0 fully saturated rings. The van der Waals surface area contributed by atoms with E-state index in [-0.39, 0.29) is 12.5 Å². The third kappa shape index (κ3) is 3.90. The van der Waals surface area contributed by atoms with Crippen molar-refractivity contribution in [1.82, 2.24) is 14.9 Å². The molecule has 1 aromatic carbocycles. The van der Waals surface area contributed by atoms with Crippen LogP contribution in [0.2, 0.25) is 0 Å². The molecule has 1 heterocycles. The van der Waals surface area contributed by atoms with Crippen molar-refractivity contribution in [2.45, 2.75) is 13.1 Å². The number of imidazole rings is 1. The molecule has 0 spiro atoms. The minimum atomic E-state index is -0.0716. The molecule has 100 valence electrons. The second-order valence-electron chi connectivity index (χ2n) is 4.06. The summed E-state index contributed by atoms with van der Waals surface area (Å²) in [6.45, 7) is 0.894. The summed E-state index contributed by atoms with van der Waals surface area (Å²) in [5.41, 5.74) is 0.781. The summed E-state index contributed by atoms with van der Waals surface area (Å²) in [6.07, 6.45) is 3.49. The Bertz CT molecular complexity index is 550. The molecule has 0 unspecified atom stereocenters. The SMILES string of the molecule is CNCc1nccn1CC(=O)Nc1ccc(Br)cc1. The summed E-state index contributed by atoms with van der Waals surface area (Å²) in [5, 5.41) is 5.87. The Morgan fingerprint density at radius 2 is 2.11 bits per heavy atom. The first-order chi connectivity index (χ1) is 9.19. The van der Waals surface area contributed by atoms with E-state index in [1.807, 2.05) is 35.9 Å². The lowest BCUT2D eigenvalue weighted by molar-refractivity contribution is -0.116. The van der Waals surface area contributed by atoms with Crippen LogP contribution in [-0.4, -0.2) is 22.5 Å². The Balaban J connectivity index is 1.97. The Hall–Kier alpha value is -1.66. The summed E-state index contributed by atoms with van der Waals surface area (Å²) >= 11 is 3.35. The van der Waals surface area contributed by atoms with Crippen molar-refractivity contribution in [2.75, 3.05) is 12.4 Å². The molecule has 0 radical (unpaired) electrons. The number of hydrogen-bond donors (Lipinski definition) is 2. The van der Waals surface area contributed by atoms with Crippen LogP contribution in [0.5, 0.6) is 0 Å². The van der Waals surface area contributed by atoms with Crippen LogP contribution in [0.15, 0.2) is 41.1 Å². The van der Waals surface area contributed by atoms with Gasteiger partial charge in [0, 0.05) is 22.6 Å². The molecule has 2 N–H and O–H groups in total. The zero-order chi connectivity index (χ0) is 13.7. The highest BCUT2D eigenvalue weighted by Crippen LogP contribution is 2.14. The highest BCUT2D eigenvalue weighted by Gasteiger charge is 2.07. The van der Waals surface area contributed by atoms with Gasteiger partial charge in [-0.15, -0.1) is 0 Å². The van der Waals surface area contributed by atoms with Crippen molar-refractivity contribution < 1.29 is 4.79 Å². The number of anilines is 1. The first-order valence-electron chi connectivity index (χ1n) is 5.89. The molecule has 0 aliphatic carbocycles. The highest BCUT2D eigenvalue weighted by molar-refractivity contribution is 9.10. The van der Waals surface area contributed by atoms with Gasteiger partial charge in [-0.3, -0.25) is 4.79 Å². The Labute approximate surface area is 120 Å². The average molecular weight is 323 g/mol. The molecule has 1 amide bonds. The van der Waals surface area contributed by atoms with Crippen LogP contribution in [0.4, 0.5) is 5.69 Å². The minimum absolute atomic E-state index is 0.0716. The monoisotopic (exact) mass is 322 g/mol. The van der Waals surface area contributed by atoms with Crippen molar-refractivity contribution >= 4 is 27.5 Å². The zero-order valence-electron chi connectivity index (χ0n) is 10.6. The van der Waals surface area contributed by atoms with Crippen LogP contribution in [0, 0.1) is 0 Å². The van der Waals surface area contributed by atoms with Crippen LogP contribution in [0.1, 0.15) is 5.82 Å². The van der Waals surface area contributed by atoms with Gasteiger partial charge in [0.2, 0.25) is 5.91 Å². The van der Waals surface area contributed by atoms with E-state index in [2.05, 4.69) is 31.5 Å². The van der Waals surface area contributed by atoms with Gasteiger partial charge in [0.1, 0.15) is 12.4 Å². The van der Waals surface area contributed by atoms with Crippen LogP contribution in [-0.2, 0) is 17.9 Å². The van der Waals surface area contributed by atoms with Gasteiger partial charge in [0.25, 0.3) is 0 Å². The quantitative estimate of drug-likeness (QED) is 0.885. The van der Waals surface area contributed by atoms with Gasteiger partial charge in [0.15, 0.2) is 0 Å². The van der Waals surface area contributed by atoms with Crippen LogP contribution in [0.3, 0.4) is 0 Å². The van der Waals surface area contributed by atoms with E-state index in [0.717, 1.165) is 16.0 Å². The molecule has 1 aromatic heterocycles. The number of benzene rings is 1. The first kappa shape index (κ1) is 13.8. The molecule has 0 bridgehead atoms. The molecule has 6 heteroatoms. The van der Waals surface area contributed by atoms with Crippen molar-refractivity contribution in [3.63, 3.8) is 0 Å². The topological polar surface area (TPSA) is 59.0 Å². The number of nitrogens with zero attached hydrogens (tertiary/aromatic N) is 2. The van der Waals surface area contributed by atoms with Crippen LogP contribution in [0.25, 0.3) is 0 Å². The largest absolute Gasteiger partial charge is 0.325 e. The zero-order valence-corrected chi connectivity index (χ0v) is 12.1. The van der Waals surface area contributed by atoms with Crippen molar-refractivity contribution in [3.05, 3.63) is 47.0 Å². The van der Waals surface area contributed by atoms with E-state index < -0.39 is 0 Å². The fourth-order valence-corrected chi connectivity index (χ4v) is 1.96. The fourth-order valence-electron chi connectivity index (χ4n) is 1.70. The van der Waals surface area contributed by atoms with E-state index in [0.29, 0.717) is 6.54 Å². The average Bonchev–Trinajstić information content (AvgIpc) is 2.80. The highest BCUT2D eigenvalue weighted by atomic mass is 79.9. The third-order valence-corrected chi connectivity index (χ3v) is 3.11. The van der Waals surface area contributed by atoms with Crippen molar-refractivity contribution in [2.24, 2.45) is 0 Å². The van der Waals surface area contributed by atoms with Gasteiger partial charge < -0.3 is 15.2 Å². The first-order valence-corrected chi connectivity index (χ1v) is 6.68. The number of amides is 1. The van der Waals surface area contributed by atoms with Crippen molar-refractivity contribution in [1.29, 1.82) is 0 Å². The Kier molecular flexibility index (Phi) is 4.70. The summed E-state index contributed by atoms with van der Waals surface area (Å²) in [4.78, 5) is 16.1. The number of carbonyl (C=O) groups excluding carboxylic acids is 1. The standard InChI is InChI=1S/C13H15BrN4O/c1-15-8-12-16-6-7-18(12)9-13(19)17-11-4-2-10(14)3-5-11/h2-7,15H,8-9H2,1H3,(H,17,19). The molecule has 0 saturated heterocycles. The van der Waals surface area contributed by atoms with E-state index in [1.165, 1.54) is 0 Å². The lowest BCUT2D eigenvalue weighted by Crippen LogP contribution is -2.21. The van der Waals surface area contributed by atoms with Gasteiger partial charge in [-0.05, 0) is 31.3 Å². The van der Waals surface area contributed by atoms with Gasteiger partial charge in [0.05, 0.1) is 6.54 Å². The van der Waals surface area contributed by atoms with E-state index in [4.69, 9.17) is 0 Å². The molecule has 2 aromatic rings. The molecule has 5 nitrogen and oxygen atoms in total.